The van der Waals surface area contributed by atoms with Crippen LogP contribution in [0.4, 0.5) is 5.69 Å². The molecule has 1 N–H and O–H groups in total. The third kappa shape index (κ3) is 4.27. The van der Waals surface area contributed by atoms with Gasteiger partial charge in [-0.05, 0) is 44.2 Å². The van der Waals surface area contributed by atoms with Crippen LogP contribution < -0.4 is 4.90 Å². The molecule has 2 aliphatic heterocycles. The number of ether oxygens (including phenoxy) is 1. The topological polar surface area (TPSA) is 47.6 Å². The number of aromatic nitrogens is 2. The second-order valence-electron chi connectivity index (χ2n) is 9.11. The van der Waals surface area contributed by atoms with Crippen LogP contribution >= 0.6 is 0 Å². The van der Waals surface area contributed by atoms with Crippen LogP contribution in [0, 0.1) is 13.8 Å². The van der Waals surface area contributed by atoms with Gasteiger partial charge in [0, 0.05) is 73.8 Å². The average molecular weight is 434 g/mol. The number of nitrogens with zero attached hydrogens (tertiary/aromatic N) is 4. The number of morpholine rings is 1. The minimum atomic E-state index is 0.824. The number of H-pyrrole nitrogens is 1. The molecular weight excluding hydrogens is 398 g/mol. The molecule has 4 heterocycles. The van der Waals surface area contributed by atoms with Gasteiger partial charge in [0.2, 0.25) is 0 Å². The summed E-state index contributed by atoms with van der Waals surface area (Å²) in [6.07, 6.45) is 0. The van der Waals surface area contributed by atoms with Crippen LogP contribution in [-0.2, 0) is 11.3 Å². The predicted octanol–water partition coefficient (Wildman–Crippen LogP) is 3.82. The summed E-state index contributed by atoms with van der Waals surface area (Å²) in [4.78, 5) is 16.2. The predicted molar refractivity (Wildman–Crippen MR) is 131 cm³/mol. The Labute approximate surface area is 191 Å². The lowest BCUT2D eigenvalue weighted by Gasteiger charge is -2.35. The van der Waals surface area contributed by atoms with Crippen molar-refractivity contribution < 1.29 is 4.74 Å². The van der Waals surface area contributed by atoms with E-state index in [0.717, 1.165) is 77.0 Å². The van der Waals surface area contributed by atoms with Crippen molar-refractivity contribution >= 4 is 16.6 Å². The second kappa shape index (κ2) is 9.22. The monoisotopic (exact) mass is 433 g/mol. The van der Waals surface area contributed by atoms with Gasteiger partial charge in [0.05, 0.1) is 24.4 Å². The number of pyridine rings is 1. The number of benzene rings is 1. The standard InChI is InChI=1S/C26H35N5O/c1-4-29-9-11-31(12-10-29)23-7-5-21(6-8-23)26-24-17-22(18-30-13-15-32-16-14-30)28-25(24)19(2)20(3)27-26/h5-8,17,28H,4,9-16,18H2,1-3H3. The molecule has 0 aliphatic carbocycles. The fraction of sp³-hybridized carbons (Fsp3) is 0.500. The number of aromatic amines is 1. The van der Waals surface area contributed by atoms with Gasteiger partial charge in [0.1, 0.15) is 0 Å². The van der Waals surface area contributed by atoms with Crippen LogP contribution in [-0.4, -0.2) is 78.8 Å². The number of hydrogen-bond donors (Lipinski definition) is 1. The summed E-state index contributed by atoms with van der Waals surface area (Å²) in [7, 11) is 0. The number of aryl methyl sites for hydroxylation is 2. The van der Waals surface area contributed by atoms with Crippen LogP contribution in [0.5, 0.6) is 0 Å². The first-order chi connectivity index (χ1) is 15.6. The molecule has 0 saturated carbocycles. The van der Waals surface area contributed by atoms with Gasteiger partial charge >= 0.3 is 0 Å². The van der Waals surface area contributed by atoms with E-state index < -0.39 is 0 Å². The number of likely N-dealkylation sites (N-methyl/N-ethyl adjacent to an activating group) is 1. The minimum Gasteiger partial charge on any atom is -0.379 e. The van der Waals surface area contributed by atoms with E-state index in [-0.39, 0.29) is 0 Å². The van der Waals surface area contributed by atoms with Gasteiger partial charge in [-0.25, -0.2) is 0 Å². The third-order valence-electron chi connectivity index (χ3n) is 7.15. The zero-order valence-corrected chi connectivity index (χ0v) is 19.7. The summed E-state index contributed by atoms with van der Waals surface area (Å²) in [6, 6.07) is 11.3. The maximum Gasteiger partial charge on any atom is 0.0799 e. The van der Waals surface area contributed by atoms with E-state index in [2.05, 4.69) is 70.8 Å². The minimum absolute atomic E-state index is 0.824. The fourth-order valence-corrected chi connectivity index (χ4v) is 4.94. The van der Waals surface area contributed by atoms with Gasteiger partial charge in [-0.15, -0.1) is 0 Å². The highest BCUT2D eigenvalue weighted by Gasteiger charge is 2.18. The first kappa shape index (κ1) is 21.4. The van der Waals surface area contributed by atoms with Crippen molar-refractivity contribution in [2.45, 2.75) is 27.3 Å². The molecule has 170 valence electrons. The molecule has 0 spiro atoms. The van der Waals surface area contributed by atoms with Crippen molar-refractivity contribution in [3.05, 3.63) is 47.3 Å². The molecule has 2 aromatic heterocycles. The number of hydrogen-bond acceptors (Lipinski definition) is 5. The number of fused-ring (bicyclic) bond motifs is 1. The molecule has 1 aromatic carbocycles. The Morgan fingerprint density at radius 1 is 0.938 bits per heavy atom. The largest absolute Gasteiger partial charge is 0.379 e. The van der Waals surface area contributed by atoms with Crippen LogP contribution in [0.25, 0.3) is 22.2 Å². The van der Waals surface area contributed by atoms with E-state index in [1.165, 1.54) is 33.4 Å². The van der Waals surface area contributed by atoms with Crippen molar-refractivity contribution in [3.63, 3.8) is 0 Å². The van der Waals surface area contributed by atoms with Gasteiger partial charge in [-0.1, -0.05) is 19.1 Å². The molecular formula is C26H35N5O. The Bertz CT molecular complexity index is 1060. The van der Waals surface area contributed by atoms with Gasteiger partial charge in [-0.2, -0.15) is 0 Å². The number of piperazine rings is 1. The molecule has 0 atom stereocenters. The van der Waals surface area contributed by atoms with E-state index in [1.807, 2.05) is 0 Å². The fourth-order valence-electron chi connectivity index (χ4n) is 4.94. The third-order valence-corrected chi connectivity index (χ3v) is 7.15. The summed E-state index contributed by atoms with van der Waals surface area (Å²) < 4.78 is 5.50. The zero-order valence-electron chi connectivity index (χ0n) is 19.7. The Morgan fingerprint density at radius 3 is 2.34 bits per heavy atom. The Morgan fingerprint density at radius 2 is 1.66 bits per heavy atom. The van der Waals surface area contributed by atoms with Crippen LogP contribution in [0.15, 0.2) is 30.3 Å². The molecule has 2 fully saturated rings. The van der Waals surface area contributed by atoms with E-state index in [0.29, 0.717) is 0 Å². The molecule has 0 amide bonds. The highest BCUT2D eigenvalue weighted by Crippen LogP contribution is 2.32. The van der Waals surface area contributed by atoms with E-state index in [1.54, 1.807) is 0 Å². The molecule has 6 nitrogen and oxygen atoms in total. The van der Waals surface area contributed by atoms with Gasteiger partial charge in [0.25, 0.3) is 0 Å². The number of anilines is 1. The normalized spacial score (nSPS) is 18.5. The molecule has 32 heavy (non-hydrogen) atoms. The lowest BCUT2D eigenvalue weighted by Crippen LogP contribution is -2.46. The molecule has 0 bridgehead atoms. The van der Waals surface area contributed by atoms with Crippen molar-refractivity contribution in [2.24, 2.45) is 0 Å². The molecule has 5 rings (SSSR count). The zero-order chi connectivity index (χ0) is 22.1. The van der Waals surface area contributed by atoms with Crippen molar-refractivity contribution in [2.75, 3.05) is 63.9 Å². The van der Waals surface area contributed by atoms with Crippen LogP contribution in [0.2, 0.25) is 0 Å². The maximum absolute atomic E-state index is 5.50. The summed E-state index contributed by atoms with van der Waals surface area (Å²) in [5.74, 6) is 0. The van der Waals surface area contributed by atoms with E-state index in [4.69, 9.17) is 9.72 Å². The SMILES string of the molecule is CCN1CCN(c2ccc(-c3nc(C)c(C)c4[nH]c(CN5CCOCC5)cc34)cc2)CC1. The van der Waals surface area contributed by atoms with Gasteiger partial charge in [0.15, 0.2) is 0 Å². The highest BCUT2D eigenvalue weighted by atomic mass is 16.5. The summed E-state index contributed by atoms with van der Waals surface area (Å²) >= 11 is 0. The highest BCUT2D eigenvalue weighted by molar-refractivity contribution is 5.95. The first-order valence-electron chi connectivity index (χ1n) is 12.0. The number of nitrogens with one attached hydrogen (secondary N) is 1. The van der Waals surface area contributed by atoms with Gasteiger partial charge < -0.3 is 19.5 Å². The van der Waals surface area contributed by atoms with Crippen LogP contribution in [0.3, 0.4) is 0 Å². The molecule has 3 aromatic rings. The summed E-state index contributed by atoms with van der Waals surface area (Å²) in [6.45, 7) is 16.7. The molecule has 0 unspecified atom stereocenters. The smallest absolute Gasteiger partial charge is 0.0799 e. The Balaban J connectivity index is 1.42. The number of rotatable bonds is 5. The summed E-state index contributed by atoms with van der Waals surface area (Å²) in [5.41, 5.74) is 8.38. The molecule has 0 radical (unpaired) electrons. The summed E-state index contributed by atoms with van der Waals surface area (Å²) in [5, 5.41) is 1.22. The lowest BCUT2D eigenvalue weighted by atomic mass is 10.0. The second-order valence-corrected chi connectivity index (χ2v) is 9.11. The maximum atomic E-state index is 5.50. The van der Waals surface area contributed by atoms with Crippen molar-refractivity contribution in [1.82, 2.24) is 19.8 Å². The van der Waals surface area contributed by atoms with E-state index in [9.17, 15) is 0 Å². The van der Waals surface area contributed by atoms with E-state index >= 15 is 0 Å². The van der Waals surface area contributed by atoms with Crippen LogP contribution in [0.1, 0.15) is 23.9 Å². The molecule has 6 heteroatoms. The van der Waals surface area contributed by atoms with Crippen molar-refractivity contribution in [1.29, 1.82) is 0 Å². The molecule has 2 aliphatic rings. The Kier molecular flexibility index (Phi) is 6.17. The Hall–Kier alpha value is -2.41. The molecule has 2 saturated heterocycles. The van der Waals surface area contributed by atoms with Gasteiger partial charge in [-0.3, -0.25) is 9.88 Å². The van der Waals surface area contributed by atoms with Crippen molar-refractivity contribution in [3.8, 4) is 11.3 Å². The first-order valence-corrected chi connectivity index (χ1v) is 12.0. The lowest BCUT2D eigenvalue weighted by molar-refractivity contribution is 0.0337. The average Bonchev–Trinajstić information content (AvgIpc) is 3.26. The quantitative estimate of drug-likeness (QED) is 0.663.